The lowest BCUT2D eigenvalue weighted by atomic mass is 10.2. The number of carbonyl (C=O) groups excluding carboxylic acids is 1. The fraction of sp³-hybridized carbons (Fsp3) is 0.533. The molecule has 0 unspecified atom stereocenters. The molecule has 0 aromatic heterocycles. The van der Waals surface area contributed by atoms with E-state index in [2.05, 4.69) is 15.4 Å². The van der Waals surface area contributed by atoms with Crippen molar-refractivity contribution < 1.29 is 17.9 Å². The second-order valence-electron chi connectivity index (χ2n) is 5.00. The van der Waals surface area contributed by atoms with E-state index in [0.29, 0.717) is 37.4 Å². The summed E-state index contributed by atoms with van der Waals surface area (Å²) in [6.45, 7) is 4.25. The summed E-state index contributed by atoms with van der Waals surface area (Å²) in [5, 5.41) is 5.89. The molecule has 0 saturated carbocycles. The Morgan fingerprint density at radius 2 is 1.96 bits per heavy atom. The van der Waals surface area contributed by atoms with Crippen molar-refractivity contribution in [3.05, 3.63) is 29.8 Å². The highest BCUT2D eigenvalue weighted by atomic mass is 35.5. The number of benzene rings is 1. The molecule has 24 heavy (non-hydrogen) atoms. The molecule has 138 valence electrons. The molecule has 7 nitrogen and oxygen atoms in total. The largest absolute Gasteiger partial charge is 0.383 e. The van der Waals surface area contributed by atoms with E-state index in [1.165, 1.54) is 6.07 Å². The van der Waals surface area contributed by atoms with Crippen LogP contribution in [0, 0.1) is 0 Å². The van der Waals surface area contributed by atoms with E-state index in [1.807, 2.05) is 0 Å². The maximum absolute atomic E-state index is 12.0. The Bertz CT molecular complexity index is 596. The Labute approximate surface area is 150 Å². The molecule has 1 aromatic carbocycles. The van der Waals surface area contributed by atoms with Crippen molar-refractivity contribution in [1.82, 2.24) is 10.6 Å². The van der Waals surface area contributed by atoms with E-state index >= 15 is 0 Å². The van der Waals surface area contributed by atoms with Gasteiger partial charge in [0.25, 0.3) is 5.91 Å². The first kappa shape index (κ1) is 22.6. The van der Waals surface area contributed by atoms with Crippen molar-refractivity contribution >= 4 is 34.0 Å². The number of halogens is 1. The Morgan fingerprint density at radius 3 is 2.62 bits per heavy atom. The minimum Gasteiger partial charge on any atom is -0.383 e. The van der Waals surface area contributed by atoms with Crippen molar-refractivity contribution in [2.24, 2.45) is 0 Å². The molecular formula is C15H26ClN3O4S. The van der Waals surface area contributed by atoms with Gasteiger partial charge in [0.05, 0.1) is 12.4 Å². The number of anilines is 1. The summed E-state index contributed by atoms with van der Waals surface area (Å²) in [4.78, 5) is 12.0. The lowest BCUT2D eigenvalue weighted by Gasteiger charge is -2.10. The maximum atomic E-state index is 12.0. The van der Waals surface area contributed by atoms with E-state index in [9.17, 15) is 13.2 Å². The zero-order valence-corrected chi connectivity index (χ0v) is 15.6. The highest BCUT2D eigenvalue weighted by Crippen LogP contribution is 2.12. The summed E-state index contributed by atoms with van der Waals surface area (Å²) < 4.78 is 30.9. The van der Waals surface area contributed by atoms with Crippen molar-refractivity contribution in [3.8, 4) is 0 Å². The zero-order valence-electron chi connectivity index (χ0n) is 14.0. The van der Waals surface area contributed by atoms with Gasteiger partial charge in [0, 0.05) is 38.0 Å². The summed E-state index contributed by atoms with van der Waals surface area (Å²) in [6.07, 6.45) is 0.533. The minimum absolute atomic E-state index is 0. The molecule has 1 aromatic rings. The third kappa shape index (κ3) is 9.07. The summed E-state index contributed by atoms with van der Waals surface area (Å²) >= 11 is 0. The molecule has 0 heterocycles. The van der Waals surface area contributed by atoms with Crippen LogP contribution in [0.1, 0.15) is 23.7 Å². The van der Waals surface area contributed by atoms with Crippen LogP contribution in [0.5, 0.6) is 0 Å². The third-order valence-corrected chi connectivity index (χ3v) is 4.43. The van der Waals surface area contributed by atoms with Gasteiger partial charge in [-0.05, 0) is 24.6 Å². The number of rotatable bonds is 11. The standard InChI is InChI=1S/C15H25N3O4S.ClH/c1-3-11-23(20,21)18-14-6-4-5-13(12-14)15(19)17-8-7-16-9-10-22-2;/h4-6,12,16,18H,3,7-11H2,1-2H3,(H,17,19);1H. The second kappa shape index (κ2) is 12.1. The number of carbonyl (C=O) groups is 1. The van der Waals surface area contributed by atoms with E-state index in [0.717, 1.165) is 6.54 Å². The monoisotopic (exact) mass is 379 g/mol. The van der Waals surface area contributed by atoms with E-state index in [1.54, 1.807) is 32.2 Å². The molecule has 3 N–H and O–H groups in total. The first-order chi connectivity index (χ1) is 11.0. The fourth-order valence-corrected chi connectivity index (χ4v) is 3.01. The number of methoxy groups -OCH3 is 1. The zero-order chi connectivity index (χ0) is 17.1. The van der Waals surface area contributed by atoms with Crippen LogP contribution in [0.15, 0.2) is 24.3 Å². The normalized spacial score (nSPS) is 10.8. The second-order valence-corrected chi connectivity index (χ2v) is 6.84. The van der Waals surface area contributed by atoms with Gasteiger partial charge < -0.3 is 15.4 Å². The van der Waals surface area contributed by atoms with Crippen molar-refractivity contribution in [3.63, 3.8) is 0 Å². The van der Waals surface area contributed by atoms with Gasteiger partial charge in [0.1, 0.15) is 0 Å². The molecule has 0 radical (unpaired) electrons. The van der Waals surface area contributed by atoms with Crippen LogP contribution in [0.2, 0.25) is 0 Å². The third-order valence-electron chi connectivity index (χ3n) is 2.94. The van der Waals surface area contributed by atoms with Crippen LogP contribution in [0.3, 0.4) is 0 Å². The van der Waals surface area contributed by atoms with Gasteiger partial charge in [0.15, 0.2) is 0 Å². The van der Waals surface area contributed by atoms with Gasteiger partial charge in [0.2, 0.25) is 10.0 Å². The Morgan fingerprint density at radius 1 is 1.21 bits per heavy atom. The molecular weight excluding hydrogens is 354 g/mol. The van der Waals surface area contributed by atoms with Gasteiger partial charge in [-0.2, -0.15) is 0 Å². The number of nitrogens with one attached hydrogen (secondary N) is 3. The van der Waals surface area contributed by atoms with E-state index in [4.69, 9.17) is 4.74 Å². The molecule has 0 aliphatic heterocycles. The van der Waals surface area contributed by atoms with Gasteiger partial charge >= 0.3 is 0 Å². The molecule has 0 fully saturated rings. The van der Waals surface area contributed by atoms with E-state index in [-0.39, 0.29) is 24.1 Å². The summed E-state index contributed by atoms with van der Waals surface area (Å²) in [6, 6.07) is 6.44. The van der Waals surface area contributed by atoms with Crippen molar-refractivity contribution in [2.75, 3.05) is 43.8 Å². The van der Waals surface area contributed by atoms with Gasteiger partial charge in [-0.1, -0.05) is 13.0 Å². The molecule has 1 rings (SSSR count). The number of amides is 1. The quantitative estimate of drug-likeness (QED) is 0.502. The van der Waals surface area contributed by atoms with Crippen LogP contribution >= 0.6 is 12.4 Å². The van der Waals surface area contributed by atoms with Gasteiger partial charge in [-0.15, -0.1) is 12.4 Å². The molecule has 9 heteroatoms. The van der Waals surface area contributed by atoms with Gasteiger partial charge in [-0.25, -0.2) is 8.42 Å². The van der Waals surface area contributed by atoms with Crippen LogP contribution in [0.25, 0.3) is 0 Å². The molecule has 0 bridgehead atoms. The summed E-state index contributed by atoms with van der Waals surface area (Å²) in [5.74, 6) is -0.189. The number of hydrogen-bond donors (Lipinski definition) is 3. The number of hydrogen-bond acceptors (Lipinski definition) is 5. The molecule has 0 aliphatic carbocycles. The highest BCUT2D eigenvalue weighted by Gasteiger charge is 2.11. The topological polar surface area (TPSA) is 96.5 Å². The lowest BCUT2D eigenvalue weighted by Crippen LogP contribution is -2.33. The first-order valence-electron chi connectivity index (χ1n) is 7.57. The molecule has 0 aliphatic rings. The Hall–Kier alpha value is -1.35. The average molecular weight is 380 g/mol. The molecule has 0 saturated heterocycles. The van der Waals surface area contributed by atoms with Crippen LogP contribution in [-0.4, -0.2) is 53.4 Å². The fourth-order valence-electron chi connectivity index (χ4n) is 1.89. The molecule has 1 amide bonds. The Kier molecular flexibility index (Phi) is 11.4. The van der Waals surface area contributed by atoms with Crippen LogP contribution < -0.4 is 15.4 Å². The summed E-state index contributed by atoms with van der Waals surface area (Å²) in [7, 11) is -1.73. The van der Waals surface area contributed by atoms with E-state index < -0.39 is 10.0 Å². The van der Waals surface area contributed by atoms with Crippen LogP contribution in [-0.2, 0) is 14.8 Å². The molecule has 0 spiro atoms. The van der Waals surface area contributed by atoms with Gasteiger partial charge in [-0.3, -0.25) is 9.52 Å². The number of ether oxygens (including phenoxy) is 1. The minimum atomic E-state index is -3.36. The van der Waals surface area contributed by atoms with Crippen LogP contribution in [0.4, 0.5) is 5.69 Å². The lowest BCUT2D eigenvalue weighted by molar-refractivity contribution is 0.0953. The highest BCUT2D eigenvalue weighted by molar-refractivity contribution is 7.92. The number of sulfonamides is 1. The predicted octanol–water partition coefficient (Wildman–Crippen LogP) is 1.23. The SMILES string of the molecule is CCCS(=O)(=O)Nc1cccc(C(=O)NCCNCCOC)c1.Cl. The molecule has 0 atom stereocenters. The Balaban J connectivity index is 0.00000529. The van der Waals surface area contributed by atoms with Crippen molar-refractivity contribution in [2.45, 2.75) is 13.3 Å². The smallest absolute Gasteiger partial charge is 0.251 e. The average Bonchev–Trinajstić information content (AvgIpc) is 2.50. The maximum Gasteiger partial charge on any atom is 0.251 e. The summed E-state index contributed by atoms with van der Waals surface area (Å²) in [5.41, 5.74) is 0.808. The van der Waals surface area contributed by atoms with Crippen molar-refractivity contribution in [1.29, 1.82) is 0 Å². The first-order valence-corrected chi connectivity index (χ1v) is 9.22. The predicted molar refractivity (Wildman–Crippen MR) is 98.5 cm³/mol.